The maximum absolute atomic E-state index is 15.0. The van der Waals surface area contributed by atoms with E-state index in [1.54, 1.807) is 17.6 Å². The van der Waals surface area contributed by atoms with Crippen LogP contribution in [0.1, 0.15) is 23.7 Å². The van der Waals surface area contributed by atoms with Gasteiger partial charge in [-0.15, -0.1) is 0 Å². The van der Waals surface area contributed by atoms with Gasteiger partial charge in [-0.3, -0.25) is 4.79 Å². The minimum atomic E-state index is -1.35. The Labute approximate surface area is 180 Å². The number of hydrogen-bond acceptors (Lipinski definition) is 6. The summed E-state index contributed by atoms with van der Waals surface area (Å²) in [5.41, 5.74) is -0.179. The van der Waals surface area contributed by atoms with Crippen LogP contribution in [-0.2, 0) is 16.0 Å². The van der Waals surface area contributed by atoms with Crippen molar-refractivity contribution in [1.82, 2.24) is 9.47 Å². The van der Waals surface area contributed by atoms with E-state index in [9.17, 15) is 14.7 Å². The Bertz CT molecular complexity index is 1010. The fourth-order valence-electron chi connectivity index (χ4n) is 4.08. The molecule has 0 saturated carbocycles. The Hall–Kier alpha value is -2.49. The average molecular weight is 435 g/mol. The maximum Gasteiger partial charge on any atom is 0.341 e. The zero-order chi connectivity index (χ0) is 22.7. The van der Waals surface area contributed by atoms with Crippen LogP contribution >= 0.6 is 0 Å². The number of ether oxygens (including phenoxy) is 2. The van der Waals surface area contributed by atoms with Crippen molar-refractivity contribution in [1.29, 1.82) is 0 Å². The van der Waals surface area contributed by atoms with E-state index < -0.39 is 29.1 Å². The Morgan fingerprint density at radius 3 is 2.77 bits per heavy atom. The van der Waals surface area contributed by atoms with Crippen molar-refractivity contribution in [3.8, 4) is 0 Å². The van der Waals surface area contributed by atoms with Crippen LogP contribution in [0, 0.1) is 11.7 Å². The summed E-state index contributed by atoms with van der Waals surface area (Å²) in [5.74, 6) is -1.43. The van der Waals surface area contributed by atoms with E-state index >= 15 is 4.39 Å². The number of carboxylic acid groups (broad SMARTS) is 1. The second-order valence-electron chi connectivity index (χ2n) is 8.23. The lowest BCUT2D eigenvalue weighted by Crippen LogP contribution is -2.26. The lowest BCUT2D eigenvalue weighted by atomic mass is 10.1. The molecule has 1 aromatic carbocycles. The molecule has 8 nitrogen and oxygen atoms in total. The van der Waals surface area contributed by atoms with E-state index in [1.807, 2.05) is 19.0 Å². The molecule has 2 unspecified atom stereocenters. The zero-order valence-corrected chi connectivity index (χ0v) is 18.4. The van der Waals surface area contributed by atoms with Gasteiger partial charge in [-0.2, -0.15) is 0 Å². The molecule has 2 atom stereocenters. The number of anilines is 1. The molecule has 1 aliphatic heterocycles. The normalized spacial score (nSPS) is 17.6. The molecule has 0 bridgehead atoms. The number of methoxy groups -OCH3 is 1. The van der Waals surface area contributed by atoms with E-state index in [1.165, 1.54) is 13.3 Å². The highest BCUT2D eigenvalue weighted by molar-refractivity contribution is 5.93. The van der Waals surface area contributed by atoms with Crippen LogP contribution in [0.15, 0.2) is 23.1 Å². The molecule has 0 spiro atoms. The highest BCUT2D eigenvalue weighted by atomic mass is 19.1. The number of hydrogen-bond donors (Lipinski definition) is 1. The van der Waals surface area contributed by atoms with Gasteiger partial charge in [0.15, 0.2) is 6.29 Å². The maximum atomic E-state index is 15.0. The Balaban J connectivity index is 2.00. The summed E-state index contributed by atoms with van der Waals surface area (Å²) in [4.78, 5) is 28.4. The lowest BCUT2D eigenvalue weighted by molar-refractivity contribution is -0.112. The van der Waals surface area contributed by atoms with E-state index in [2.05, 4.69) is 4.90 Å². The van der Waals surface area contributed by atoms with Crippen molar-refractivity contribution >= 4 is 22.6 Å². The van der Waals surface area contributed by atoms with Gasteiger partial charge < -0.3 is 28.9 Å². The van der Waals surface area contributed by atoms with Gasteiger partial charge in [0.05, 0.1) is 17.8 Å². The molecule has 0 amide bonds. The van der Waals surface area contributed by atoms with Gasteiger partial charge in [0.1, 0.15) is 11.4 Å². The standard InChI is InChI=1S/C22H30FN3O5/c1-14(30-4)31-8-7-26-13-17(22(28)29)21(27)16-9-18(23)20(10-19(16)26)25-6-5-15(12-25)11-24(2)3/h9-10,13-15H,5-8,11-12H2,1-4H3,(H,28,29). The molecular weight excluding hydrogens is 405 g/mol. The molecule has 2 heterocycles. The van der Waals surface area contributed by atoms with Gasteiger partial charge in [-0.1, -0.05) is 0 Å². The Morgan fingerprint density at radius 2 is 2.13 bits per heavy atom. The molecule has 3 rings (SSSR count). The fraction of sp³-hybridized carbons (Fsp3) is 0.545. The molecule has 1 aliphatic rings. The largest absolute Gasteiger partial charge is 0.477 e. The third-order valence-electron chi connectivity index (χ3n) is 5.65. The number of nitrogens with zero attached hydrogens (tertiary/aromatic N) is 3. The number of benzene rings is 1. The quantitative estimate of drug-likeness (QED) is 0.605. The summed E-state index contributed by atoms with van der Waals surface area (Å²) >= 11 is 0. The molecule has 9 heteroatoms. The third-order valence-corrected chi connectivity index (χ3v) is 5.65. The van der Waals surface area contributed by atoms with Gasteiger partial charge in [0.2, 0.25) is 5.43 Å². The molecular formula is C22H30FN3O5. The highest BCUT2D eigenvalue weighted by Gasteiger charge is 2.26. The molecule has 1 aromatic heterocycles. The van der Waals surface area contributed by atoms with Crippen molar-refractivity contribution in [2.75, 3.05) is 52.3 Å². The van der Waals surface area contributed by atoms with Crippen molar-refractivity contribution < 1.29 is 23.8 Å². The number of carboxylic acids is 1. The number of aromatic carboxylic acids is 1. The number of fused-ring (bicyclic) bond motifs is 1. The molecule has 1 fully saturated rings. The van der Waals surface area contributed by atoms with Gasteiger partial charge in [0, 0.05) is 44.9 Å². The van der Waals surface area contributed by atoms with Gasteiger partial charge in [0.25, 0.3) is 0 Å². The van der Waals surface area contributed by atoms with Crippen molar-refractivity contribution in [3.63, 3.8) is 0 Å². The van der Waals surface area contributed by atoms with Crippen LogP contribution in [0.4, 0.5) is 10.1 Å². The number of pyridine rings is 1. The van der Waals surface area contributed by atoms with Crippen molar-refractivity contribution in [2.45, 2.75) is 26.2 Å². The molecule has 31 heavy (non-hydrogen) atoms. The predicted molar refractivity (Wildman–Crippen MR) is 116 cm³/mol. The lowest BCUT2D eigenvalue weighted by Gasteiger charge is -2.22. The molecule has 1 N–H and O–H groups in total. The summed E-state index contributed by atoms with van der Waals surface area (Å²) in [5, 5.41) is 9.47. The monoisotopic (exact) mass is 435 g/mol. The number of carbonyl (C=O) groups is 1. The van der Waals surface area contributed by atoms with Crippen LogP contribution in [0.25, 0.3) is 10.9 Å². The third kappa shape index (κ3) is 5.23. The van der Waals surface area contributed by atoms with Crippen molar-refractivity contribution in [2.24, 2.45) is 5.92 Å². The zero-order valence-electron chi connectivity index (χ0n) is 18.4. The van der Waals surface area contributed by atoms with Crippen LogP contribution in [-0.4, -0.2) is 74.3 Å². The molecule has 0 radical (unpaired) electrons. The fourth-order valence-corrected chi connectivity index (χ4v) is 4.08. The molecule has 0 aliphatic carbocycles. The first kappa shape index (κ1) is 23.2. The van der Waals surface area contributed by atoms with Crippen molar-refractivity contribution in [3.05, 3.63) is 39.9 Å². The number of halogens is 1. The average Bonchev–Trinajstić information content (AvgIpc) is 3.16. The first-order valence-electron chi connectivity index (χ1n) is 10.3. The summed E-state index contributed by atoms with van der Waals surface area (Å²) in [6, 6.07) is 2.81. The van der Waals surface area contributed by atoms with Gasteiger partial charge >= 0.3 is 5.97 Å². The highest BCUT2D eigenvalue weighted by Crippen LogP contribution is 2.30. The van der Waals surface area contributed by atoms with E-state index in [0.29, 0.717) is 23.7 Å². The van der Waals surface area contributed by atoms with Gasteiger partial charge in [-0.05, 0) is 45.5 Å². The minimum Gasteiger partial charge on any atom is -0.477 e. The molecule has 170 valence electrons. The minimum absolute atomic E-state index is 0.0463. The summed E-state index contributed by atoms with van der Waals surface area (Å²) in [7, 11) is 5.56. The van der Waals surface area contributed by atoms with E-state index in [4.69, 9.17) is 9.47 Å². The smallest absolute Gasteiger partial charge is 0.341 e. The summed E-state index contributed by atoms with van der Waals surface area (Å²) in [6.45, 7) is 4.66. The summed E-state index contributed by atoms with van der Waals surface area (Å²) in [6.07, 6.45) is 1.84. The summed E-state index contributed by atoms with van der Waals surface area (Å²) < 4.78 is 27.2. The second kappa shape index (κ2) is 9.76. The van der Waals surface area contributed by atoms with Crippen LogP contribution in [0.5, 0.6) is 0 Å². The predicted octanol–water partition coefficient (Wildman–Crippen LogP) is 2.24. The number of rotatable bonds is 9. The topological polar surface area (TPSA) is 84.2 Å². The Morgan fingerprint density at radius 1 is 1.39 bits per heavy atom. The van der Waals surface area contributed by atoms with E-state index in [0.717, 1.165) is 32.1 Å². The first-order chi connectivity index (χ1) is 14.7. The van der Waals surface area contributed by atoms with Gasteiger partial charge in [-0.25, -0.2) is 9.18 Å². The van der Waals surface area contributed by atoms with Crippen LogP contribution in [0.2, 0.25) is 0 Å². The molecule has 2 aromatic rings. The van der Waals surface area contributed by atoms with E-state index in [-0.39, 0.29) is 12.0 Å². The number of aromatic nitrogens is 1. The Kier molecular flexibility index (Phi) is 7.30. The first-order valence-corrected chi connectivity index (χ1v) is 10.3. The molecule has 1 saturated heterocycles. The SMILES string of the molecule is COC(C)OCCn1cc(C(=O)O)c(=O)c2cc(F)c(N3CCC(CN(C)C)C3)cc21. The van der Waals surface area contributed by atoms with Crippen LogP contribution in [0.3, 0.4) is 0 Å². The second-order valence-corrected chi connectivity index (χ2v) is 8.23. The van der Waals surface area contributed by atoms with Crippen LogP contribution < -0.4 is 10.3 Å².